The van der Waals surface area contributed by atoms with Gasteiger partial charge in [0.2, 0.25) is 0 Å². The lowest BCUT2D eigenvalue weighted by Gasteiger charge is -2.34. The maximum atomic E-state index is 11.9. The van der Waals surface area contributed by atoms with E-state index in [0.29, 0.717) is 24.2 Å². The van der Waals surface area contributed by atoms with Crippen molar-refractivity contribution in [3.05, 3.63) is 58.8 Å². The van der Waals surface area contributed by atoms with Crippen molar-refractivity contribution in [2.75, 3.05) is 12.4 Å². The van der Waals surface area contributed by atoms with E-state index in [9.17, 15) is 9.59 Å². The number of ether oxygens (including phenoxy) is 2. The number of amides is 1. The Hall–Kier alpha value is -2.89. The zero-order valence-electron chi connectivity index (χ0n) is 12.5. The second-order valence-corrected chi connectivity index (χ2v) is 5.74. The Morgan fingerprint density at radius 3 is 2.96 bits per heavy atom. The molecule has 6 heteroatoms. The number of methoxy groups -OCH3 is 1. The minimum Gasteiger partial charge on any atom is -0.465 e. The van der Waals surface area contributed by atoms with E-state index >= 15 is 0 Å². The second kappa shape index (κ2) is 4.81. The highest BCUT2D eigenvalue weighted by Crippen LogP contribution is 2.45. The zero-order valence-corrected chi connectivity index (χ0v) is 12.5. The molecule has 1 aliphatic carbocycles. The zero-order chi connectivity index (χ0) is 16.0. The molecule has 6 nitrogen and oxygen atoms in total. The normalized spacial score (nSPS) is 21.2. The highest BCUT2D eigenvalue weighted by atomic mass is 16.6. The number of benzene rings is 1. The van der Waals surface area contributed by atoms with Gasteiger partial charge in [-0.05, 0) is 35.4 Å². The molecular weight excluding hydrogens is 296 g/mol. The number of anilines is 1. The van der Waals surface area contributed by atoms with E-state index in [-0.39, 0.29) is 5.97 Å². The molecule has 2 heterocycles. The summed E-state index contributed by atoms with van der Waals surface area (Å²) in [6.07, 6.45) is 2.21. The molecule has 4 rings (SSSR count). The summed E-state index contributed by atoms with van der Waals surface area (Å²) in [5.41, 5.74) is 2.63. The van der Waals surface area contributed by atoms with Crippen molar-refractivity contribution in [2.45, 2.75) is 18.4 Å². The number of hydrogen-bond donors (Lipinski definition) is 1. The van der Waals surface area contributed by atoms with Gasteiger partial charge in [0.05, 0.1) is 12.7 Å². The SMILES string of the molecule is COC(=O)c1ccc2c(c1)CC1(C2)OC(=O)Nc2ncccc21. The largest absolute Gasteiger partial charge is 0.465 e. The Bertz CT molecular complexity index is 833. The third-order valence-corrected chi connectivity index (χ3v) is 4.39. The van der Waals surface area contributed by atoms with Crippen molar-refractivity contribution in [3.8, 4) is 0 Å². The number of nitrogens with zero attached hydrogens (tertiary/aromatic N) is 1. The Morgan fingerprint density at radius 2 is 2.13 bits per heavy atom. The smallest absolute Gasteiger partial charge is 0.413 e. The van der Waals surface area contributed by atoms with Crippen molar-refractivity contribution < 1.29 is 19.1 Å². The maximum absolute atomic E-state index is 11.9. The van der Waals surface area contributed by atoms with Gasteiger partial charge in [0.1, 0.15) is 5.82 Å². The first-order valence-electron chi connectivity index (χ1n) is 7.27. The minimum absolute atomic E-state index is 0.377. The fraction of sp³-hybridized carbons (Fsp3) is 0.235. The number of aromatic nitrogens is 1. The molecule has 0 radical (unpaired) electrons. The van der Waals surface area contributed by atoms with E-state index in [1.807, 2.05) is 24.3 Å². The molecule has 1 aromatic carbocycles. The number of rotatable bonds is 1. The predicted octanol–water partition coefficient (Wildman–Crippen LogP) is 2.42. The van der Waals surface area contributed by atoms with E-state index in [1.54, 1.807) is 12.3 Å². The molecule has 0 fully saturated rings. The Morgan fingerprint density at radius 1 is 1.30 bits per heavy atom. The van der Waals surface area contributed by atoms with Gasteiger partial charge in [0, 0.05) is 24.6 Å². The van der Waals surface area contributed by atoms with Gasteiger partial charge in [0.25, 0.3) is 0 Å². The molecule has 1 spiro atoms. The lowest BCUT2D eigenvalue weighted by molar-refractivity contribution is 0.0193. The van der Waals surface area contributed by atoms with Crippen LogP contribution in [0.25, 0.3) is 0 Å². The average Bonchev–Trinajstić information content (AvgIpc) is 2.91. The molecule has 0 bridgehead atoms. The van der Waals surface area contributed by atoms with Crippen molar-refractivity contribution in [1.82, 2.24) is 4.98 Å². The van der Waals surface area contributed by atoms with Crippen LogP contribution in [0.2, 0.25) is 0 Å². The first-order chi connectivity index (χ1) is 11.1. The van der Waals surface area contributed by atoms with Crippen LogP contribution in [0.3, 0.4) is 0 Å². The second-order valence-electron chi connectivity index (χ2n) is 5.74. The molecule has 1 amide bonds. The third kappa shape index (κ3) is 2.06. The van der Waals surface area contributed by atoms with Gasteiger partial charge in [-0.3, -0.25) is 5.32 Å². The van der Waals surface area contributed by atoms with Gasteiger partial charge < -0.3 is 9.47 Å². The quantitative estimate of drug-likeness (QED) is 0.819. The molecule has 0 saturated heterocycles. The lowest BCUT2D eigenvalue weighted by Crippen LogP contribution is -2.40. The Labute approximate surface area is 132 Å². The first kappa shape index (κ1) is 13.8. The summed E-state index contributed by atoms with van der Waals surface area (Å²) < 4.78 is 10.4. The van der Waals surface area contributed by atoms with Gasteiger partial charge in [-0.1, -0.05) is 6.07 Å². The number of nitrogens with one attached hydrogen (secondary N) is 1. The summed E-state index contributed by atoms with van der Waals surface area (Å²) in [4.78, 5) is 27.8. The minimum atomic E-state index is -0.761. The number of carbonyl (C=O) groups excluding carboxylic acids is 2. The number of pyridine rings is 1. The average molecular weight is 310 g/mol. The molecule has 2 aliphatic rings. The fourth-order valence-electron chi connectivity index (χ4n) is 3.38. The summed E-state index contributed by atoms with van der Waals surface area (Å²) >= 11 is 0. The standard InChI is InChI=1S/C17H14N2O4/c1-22-15(20)10-4-5-11-8-17(9-12(11)7-10)13-3-2-6-18-14(13)19-16(21)23-17/h2-7H,8-9H2,1H3,(H,18,19,21). The van der Waals surface area contributed by atoms with E-state index < -0.39 is 11.7 Å². The van der Waals surface area contributed by atoms with Crippen molar-refractivity contribution in [1.29, 1.82) is 0 Å². The highest BCUT2D eigenvalue weighted by Gasteiger charge is 2.47. The highest BCUT2D eigenvalue weighted by molar-refractivity contribution is 5.90. The van der Waals surface area contributed by atoms with Crippen LogP contribution in [-0.2, 0) is 27.9 Å². The molecule has 1 atom stereocenters. The number of hydrogen-bond acceptors (Lipinski definition) is 5. The van der Waals surface area contributed by atoms with Crippen LogP contribution >= 0.6 is 0 Å². The molecule has 116 valence electrons. The summed E-state index contributed by atoms with van der Waals surface area (Å²) in [5, 5.41) is 2.63. The van der Waals surface area contributed by atoms with Gasteiger partial charge in [0.15, 0.2) is 5.60 Å². The number of esters is 1. The van der Waals surface area contributed by atoms with Crippen LogP contribution in [0.4, 0.5) is 10.6 Å². The van der Waals surface area contributed by atoms with Gasteiger partial charge in [-0.2, -0.15) is 0 Å². The van der Waals surface area contributed by atoms with E-state index in [1.165, 1.54) is 7.11 Å². The molecule has 1 N–H and O–H groups in total. The van der Waals surface area contributed by atoms with Crippen LogP contribution in [0.5, 0.6) is 0 Å². The molecule has 0 saturated carbocycles. The topological polar surface area (TPSA) is 77.5 Å². The molecule has 23 heavy (non-hydrogen) atoms. The van der Waals surface area contributed by atoms with Crippen molar-refractivity contribution in [2.24, 2.45) is 0 Å². The van der Waals surface area contributed by atoms with Gasteiger partial charge >= 0.3 is 12.1 Å². The molecule has 2 aromatic rings. The van der Waals surface area contributed by atoms with E-state index in [4.69, 9.17) is 9.47 Å². The molecule has 1 aliphatic heterocycles. The lowest BCUT2D eigenvalue weighted by atomic mass is 9.90. The van der Waals surface area contributed by atoms with Crippen LogP contribution < -0.4 is 5.32 Å². The first-order valence-corrected chi connectivity index (χ1v) is 7.27. The van der Waals surface area contributed by atoms with Crippen molar-refractivity contribution in [3.63, 3.8) is 0 Å². The monoisotopic (exact) mass is 310 g/mol. The van der Waals surface area contributed by atoms with Gasteiger partial charge in [-0.25, -0.2) is 14.6 Å². The summed E-state index contributed by atoms with van der Waals surface area (Å²) in [6, 6.07) is 9.17. The van der Waals surface area contributed by atoms with E-state index in [2.05, 4.69) is 10.3 Å². The van der Waals surface area contributed by atoms with Crippen LogP contribution in [-0.4, -0.2) is 24.2 Å². The molecule has 1 aromatic heterocycles. The Kier molecular flexibility index (Phi) is 2.87. The maximum Gasteiger partial charge on any atom is 0.413 e. The summed E-state index contributed by atoms with van der Waals surface area (Å²) in [7, 11) is 1.35. The third-order valence-electron chi connectivity index (χ3n) is 4.39. The number of fused-ring (bicyclic) bond motifs is 3. The summed E-state index contributed by atoms with van der Waals surface area (Å²) in [6.45, 7) is 0. The number of carbonyl (C=O) groups is 2. The molecule has 1 unspecified atom stereocenters. The fourth-order valence-corrected chi connectivity index (χ4v) is 3.38. The van der Waals surface area contributed by atoms with E-state index in [0.717, 1.165) is 16.7 Å². The van der Waals surface area contributed by atoms with Crippen LogP contribution in [0.15, 0.2) is 36.5 Å². The van der Waals surface area contributed by atoms with Crippen LogP contribution in [0, 0.1) is 0 Å². The summed E-state index contributed by atoms with van der Waals surface area (Å²) in [5.74, 6) is 0.155. The van der Waals surface area contributed by atoms with Gasteiger partial charge in [-0.15, -0.1) is 0 Å². The van der Waals surface area contributed by atoms with Crippen LogP contribution in [0.1, 0.15) is 27.0 Å². The Balaban J connectivity index is 1.78. The van der Waals surface area contributed by atoms with Crippen molar-refractivity contribution >= 4 is 17.9 Å². The molecular formula is C17H14N2O4. The predicted molar refractivity (Wildman–Crippen MR) is 81.2 cm³/mol.